The fourth-order valence-electron chi connectivity index (χ4n) is 1.13. The number of aromatic amines is 1. The Balaban J connectivity index is 2.97. The SMILES string of the molecule is O=c1[nH]c2ccsc2c(=O)n1C(F)F. The van der Waals surface area contributed by atoms with E-state index in [1.165, 1.54) is 6.07 Å². The molecule has 0 radical (unpaired) electrons. The summed E-state index contributed by atoms with van der Waals surface area (Å²) in [4.78, 5) is 24.5. The maximum atomic E-state index is 12.3. The number of halogens is 2. The molecule has 0 aromatic carbocycles. The van der Waals surface area contributed by atoms with Crippen LogP contribution in [0.3, 0.4) is 0 Å². The van der Waals surface area contributed by atoms with E-state index in [1.54, 1.807) is 5.38 Å². The van der Waals surface area contributed by atoms with E-state index in [-0.39, 0.29) is 9.27 Å². The summed E-state index contributed by atoms with van der Waals surface area (Å²) in [5.74, 6) is 0. The van der Waals surface area contributed by atoms with Crippen molar-refractivity contribution in [3.8, 4) is 0 Å². The van der Waals surface area contributed by atoms with Crippen molar-refractivity contribution in [2.45, 2.75) is 6.55 Å². The molecule has 0 amide bonds. The first-order valence-corrected chi connectivity index (χ1v) is 4.49. The number of rotatable bonds is 1. The number of hydrogen-bond donors (Lipinski definition) is 1. The summed E-state index contributed by atoms with van der Waals surface area (Å²) in [5, 5.41) is 1.55. The number of nitrogens with zero attached hydrogens (tertiary/aromatic N) is 1. The normalized spacial score (nSPS) is 11.4. The van der Waals surface area contributed by atoms with Crippen LogP contribution in [0.2, 0.25) is 0 Å². The van der Waals surface area contributed by atoms with E-state index in [0.29, 0.717) is 5.52 Å². The molecule has 0 unspecified atom stereocenters. The molecule has 14 heavy (non-hydrogen) atoms. The van der Waals surface area contributed by atoms with Gasteiger partial charge in [0.25, 0.3) is 5.56 Å². The van der Waals surface area contributed by atoms with Gasteiger partial charge in [0.1, 0.15) is 4.70 Å². The zero-order valence-corrected chi connectivity index (χ0v) is 7.48. The number of hydrogen-bond acceptors (Lipinski definition) is 3. The number of aromatic nitrogens is 2. The molecule has 0 atom stereocenters. The first-order valence-electron chi connectivity index (χ1n) is 3.61. The smallest absolute Gasteiger partial charge is 0.306 e. The molecule has 2 rings (SSSR count). The Hall–Kier alpha value is -1.50. The van der Waals surface area contributed by atoms with Crippen LogP contribution in [-0.4, -0.2) is 9.55 Å². The van der Waals surface area contributed by atoms with Crippen molar-refractivity contribution >= 4 is 21.6 Å². The van der Waals surface area contributed by atoms with Crippen LogP contribution >= 0.6 is 11.3 Å². The van der Waals surface area contributed by atoms with Gasteiger partial charge in [0, 0.05) is 0 Å². The van der Waals surface area contributed by atoms with E-state index in [2.05, 4.69) is 4.98 Å². The van der Waals surface area contributed by atoms with Crippen molar-refractivity contribution in [2.24, 2.45) is 0 Å². The highest BCUT2D eigenvalue weighted by atomic mass is 32.1. The maximum Gasteiger partial charge on any atom is 0.333 e. The second kappa shape index (κ2) is 3.02. The van der Waals surface area contributed by atoms with Gasteiger partial charge in [0.2, 0.25) is 0 Å². The molecule has 0 aliphatic heterocycles. The molecule has 0 saturated carbocycles. The van der Waals surface area contributed by atoms with Crippen molar-refractivity contribution in [1.82, 2.24) is 9.55 Å². The van der Waals surface area contributed by atoms with Crippen LogP contribution in [0.15, 0.2) is 21.0 Å². The van der Waals surface area contributed by atoms with Gasteiger partial charge < -0.3 is 4.98 Å². The predicted octanol–water partition coefficient (Wildman–Crippen LogP) is 1.15. The summed E-state index contributed by atoms with van der Waals surface area (Å²) in [6, 6.07) is 1.50. The van der Waals surface area contributed by atoms with Gasteiger partial charge in [-0.15, -0.1) is 11.3 Å². The Kier molecular flexibility index (Phi) is 1.95. The van der Waals surface area contributed by atoms with E-state index in [9.17, 15) is 18.4 Å². The second-order valence-electron chi connectivity index (χ2n) is 2.55. The average molecular weight is 218 g/mol. The molecule has 0 aliphatic carbocycles. The lowest BCUT2D eigenvalue weighted by Gasteiger charge is -2.01. The van der Waals surface area contributed by atoms with Crippen LogP contribution in [0.4, 0.5) is 8.78 Å². The number of thiophene rings is 1. The summed E-state index contributed by atoms with van der Waals surface area (Å²) < 4.78 is 24.6. The van der Waals surface area contributed by atoms with E-state index in [4.69, 9.17) is 0 Å². The van der Waals surface area contributed by atoms with Gasteiger partial charge in [0.05, 0.1) is 5.52 Å². The Morgan fingerprint density at radius 2 is 2.14 bits per heavy atom. The van der Waals surface area contributed by atoms with Crippen molar-refractivity contribution < 1.29 is 8.78 Å². The largest absolute Gasteiger partial charge is 0.333 e. The summed E-state index contributed by atoms with van der Waals surface area (Å²) in [6.45, 7) is -3.11. The van der Waals surface area contributed by atoms with Crippen LogP contribution in [0.1, 0.15) is 6.55 Å². The average Bonchev–Trinajstić information content (AvgIpc) is 2.50. The lowest BCUT2D eigenvalue weighted by molar-refractivity contribution is 0.0621. The highest BCUT2D eigenvalue weighted by Gasteiger charge is 2.15. The minimum Gasteiger partial charge on any atom is -0.306 e. The highest BCUT2D eigenvalue weighted by Crippen LogP contribution is 2.13. The quantitative estimate of drug-likeness (QED) is 0.780. The predicted molar refractivity (Wildman–Crippen MR) is 48.0 cm³/mol. The van der Waals surface area contributed by atoms with Crippen LogP contribution in [-0.2, 0) is 0 Å². The molecule has 1 N–H and O–H groups in total. The van der Waals surface area contributed by atoms with Crippen molar-refractivity contribution in [1.29, 1.82) is 0 Å². The first-order chi connectivity index (χ1) is 6.61. The second-order valence-corrected chi connectivity index (χ2v) is 3.46. The van der Waals surface area contributed by atoms with Crippen LogP contribution < -0.4 is 11.2 Å². The Morgan fingerprint density at radius 3 is 2.79 bits per heavy atom. The Labute approximate surface area is 79.4 Å². The molecule has 0 fully saturated rings. The fourth-order valence-corrected chi connectivity index (χ4v) is 1.91. The van der Waals surface area contributed by atoms with Gasteiger partial charge in [-0.05, 0) is 11.4 Å². The van der Waals surface area contributed by atoms with Gasteiger partial charge in [-0.3, -0.25) is 4.79 Å². The first kappa shape index (κ1) is 9.07. The monoisotopic (exact) mass is 218 g/mol. The van der Waals surface area contributed by atoms with Gasteiger partial charge in [0.15, 0.2) is 0 Å². The molecule has 74 valence electrons. The van der Waals surface area contributed by atoms with Gasteiger partial charge in [-0.1, -0.05) is 0 Å². The van der Waals surface area contributed by atoms with Crippen LogP contribution in [0, 0.1) is 0 Å². The number of H-pyrrole nitrogens is 1. The van der Waals surface area contributed by atoms with E-state index in [0.717, 1.165) is 11.3 Å². The van der Waals surface area contributed by atoms with Crippen molar-refractivity contribution in [3.63, 3.8) is 0 Å². The molecular formula is C7H4F2N2O2S. The Morgan fingerprint density at radius 1 is 1.43 bits per heavy atom. The topological polar surface area (TPSA) is 54.9 Å². The summed E-state index contributed by atoms with van der Waals surface area (Å²) in [7, 11) is 0. The lowest BCUT2D eigenvalue weighted by Crippen LogP contribution is -2.34. The van der Waals surface area contributed by atoms with Gasteiger partial charge in [-0.2, -0.15) is 13.3 Å². The zero-order chi connectivity index (χ0) is 10.3. The highest BCUT2D eigenvalue weighted by molar-refractivity contribution is 7.17. The maximum absolute atomic E-state index is 12.3. The minimum atomic E-state index is -3.11. The van der Waals surface area contributed by atoms with Gasteiger partial charge in [-0.25, -0.2) is 4.79 Å². The van der Waals surface area contributed by atoms with E-state index >= 15 is 0 Å². The van der Waals surface area contributed by atoms with Crippen molar-refractivity contribution in [3.05, 3.63) is 32.3 Å². The molecule has 0 aliphatic rings. The van der Waals surface area contributed by atoms with Crippen LogP contribution in [0.25, 0.3) is 10.2 Å². The molecule has 0 saturated heterocycles. The third-order valence-electron chi connectivity index (χ3n) is 1.73. The third kappa shape index (κ3) is 1.17. The number of fused-ring (bicyclic) bond motifs is 1. The summed E-state index contributed by atoms with van der Waals surface area (Å²) in [5.41, 5.74) is -1.74. The van der Waals surface area contributed by atoms with Crippen LogP contribution in [0.5, 0.6) is 0 Å². The molecular weight excluding hydrogens is 214 g/mol. The van der Waals surface area contributed by atoms with E-state index < -0.39 is 17.8 Å². The number of nitrogens with one attached hydrogen (secondary N) is 1. The van der Waals surface area contributed by atoms with Crippen molar-refractivity contribution in [2.75, 3.05) is 0 Å². The Bertz CT molecular complexity index is 583. The molecule has 0 spiro atoms. The molecule has 4 nitrogen and oxygen atoms in total. The molecule has 2 aromatic rings. The third-order valence-corrected chi connectivity index (χ3v) is 2.64. The van der Waals surface area contributed by atoms with Gasteiger partial charge >= 0.3 is 12.2 Å². The lowest BCUT2D eigenvalue weighted by atomic mass is 10.5. The fraction of sp³-hybridized carbons (Fsp3) is 0.143. The summed E-state index contributed by atoms with van der Waals surface area (Å²) >= 11 is 1.02. The number of alkyl halides is 2. The minimum absolute atomic E-state index is 0.0984. The molecule has 2 aromatic heterocycles. The van der Waals surface area contributed by atoms with E-state index in [1.807, 2.05) is 0 Å². The summed E-state index contributed by atoms with van der Waals surface area (Å²) in [6.07, 6.45) is 0. The standard InChI is InChI=1S/C7H4F2N2O2S/c8-6(9)11-5(12)4-3(1-2-14-4)10-7(11)13/h1-2,6H,(H,10,13). The molecule has 2 heterocycles. The molecule has 0 bridgehead atoms. The zero-order valence-electron chi connectivity index (χ0n) is 6.66. The molecule has 7 heteroatoms.